The monoisotopic (exact) mass is 244 g/mol. The standard InChI is InChI=1S/C14H16N2O2/c1-15-7-10-5-6-17-14-11(10)3-2-4-12(14)13-8-16-9-18-13/h2-4,8-10,15H,5-7H2,1H3/t10-/m1/s1. The molecule has 0 aliphatic carbocycles. The summed E-state index contributed by atoms with van der Waals surface area (Å²) in [5.74, 6) is 2.21. The average molecular weight is 244 g/mol. The number of aromatic nitrogens is 1. The molecule has 0 radical (unpaired) electrons. The van der Waals surface area contributed by atoms with Crippen molar-refractivity contribution >= 4 is 0 Å². The van der Waals surface area contributed by atoms with E-state index in [0.29, 0.717) is 5.92 Å². The summed E-state index contributed by atoms with van der Waals surface area (Å²) in [5, 5.41) is 3.24. The highest BCUT2D eigenvalue weighted by Crippen LogP contribution is 2.40. The lowest BCUT2D eigenvalue weighted by Gasteiger charge is -2.27. The van der Waals surface area contributed by atoms with Crippen LogP contribution in [0.5, 0.6) is 5.75 Å². The second-order valence-electron chi connectivity index (χ2n) is 4.48. The fourth-order valence-electron chi connectivity index (χ4n) is 2.50. The van der Waals surface area contributed by atoms with E-state index in [1.807, 2.05) is 19.2 Å². The smallest absolute Gasteiger partial charge is 0.181 e. The van der Waals surface area contributed by atoms with Crippen LogP contribution in [0.25, 0.3) is 11.3 Å². The highest BCUT2D eigenvalue weighted by molar-refractivity contribution is 5.68. The van der Waals surface area contributed by atoms with Crippen molar-refractivity contribution in [1.29, 1.82) is 0 Å². The fraction of sp³-hybridized carbons (Fsp3) is 0.357. The number of nitrogens with one attached hydrogen (secondary N) is 1. The molecule has 0 spiro atoms. The van der Waals surface area contributed by atoms with E-state index in [4.69, 9.17) is 9.15 Å². The minimum Gasteiger partial charge on any atom is -0.492 e. The van der Waals surface area contributed by atoms with Crippen LogP contribution in [0.3, 0.4) is 0 Å². The van der Waals surface area contributed by atoms with E-state index in [1.54, 1.807) is 6.20 Å². The van der Waals surface area contributed by atoms with Crippen LogP contribution >= 0.6 is 0 Å². The molecule has 0 saturated carbocycles. The van der Waals surface area contributed by atoms with Crippen LogP contribution in [0.4, 0.5) is 0 Å². The van der Waals surface area contributed by atoms with Gasteiger partial charge < -0.3 is 14.5 Å². The Bertz CT molecular complexity index is 523. The van der Waals surface area contributed by atoms with Crippen molar-refractivity contribution in [3.63, 3.8) is 0 Å². The summed E-state index contributed by atoms with van der Waals surface area (Å²) in [4.78, 5) is 3.97. The molecule has 1 atom stereocenters. The highest BCUT2D eigenvalue weighted by Gasteiger charge is 2.24. The Labute approximate surface area is 106 Å². The Kier molecular flexibility index (Phi) is 3.02. The van der Waals surface area contributed by atoms with Gasteiger partial charge in [-0.05, 0) is 25.1 Å². The Morgan fingerprint density at radius 2 is 2.39 bits per heavy atom. The first-order chi connectivity index (χ1) is 8.90. The van der Waals surface area contributed by atoms with E-state index in [9.17, 15) is 0 Å². The number of fused-ring (bicyclic) bond motifs is 1. The summed E-state index contributed by atoms with van der Waals surface area (Å²) < 4.78 is 11.2. The number of hydrogen-bond donors (Lipinski definition) is 1. The summed E-state index contributed by atoms with van der Waals surface area (Å²) >= 11 is 0. The third-order valence-electron chi connectivity index (χ3n) is 3.35. The van der Waals surface area contributed by atoms with Crippen molar-refractivity contribution in [3.05, 3.63) is 36.4 Å². The Balaban J connectivity index is 2.06. The second-order valence-corrected chi connectivity index (χ2v) is 4.48. The molecule has 0 unspecified atom stereocenters. The minimum atomic E-state index is 0.502. The summed E-state index contributed by atoms with van der Waals surface area (Å²) in [6.45, 7) is 1.72. The normalized spacial score (nSPS) is 18.2. The first-order valence-corrected chi connectivity index (χ1v) is 6.19. The zero-order valence-corrected chi connectivity index (χ0v) is 10.3. The minimum absolute atomic E-state index is 0.502. The number of nitrogens with zero attached hydrogens (tertiary/aromatic N) is 1. The lowest BCUT2D eigenvalue weighted by atomic mass is 9.91. The molecule has 94 valence electrons. The van der Waals surface area contributed by atoms with E-state index in [-0.39, 0.29) is 0 Å². The van der Waals surface area contributed by atoms with Crippen LogP contribution in [0.15, 0.2) is 35.2 Å². The SMILES string of the molecule is CNC[C@H]1CCOc2c(-c3cnco3)cccc21. The van der Waals surface area contributed by atoms with Crippen LogP contribution in [0.1, 0.15) is 17.9 Å². The third-order valence-corrected chi connectivity index (χ3v) is 3.35. The molecule has 3 rings (SSSR count). The van der Waals surface area contributed by atoms with Gasteiger partial charge in [0.2, 0.25) is 0 Å². The van der Waals surface area contributed by atoms with Crippen LogP contribution in [0.2, 0.25) is 0 Å². The molecule has 0 fully saturated rings. The number of benzene rings is 1. The average Bonchev–Trinajstić information content (AvgIpc) is 2.93. The molecule has 2 aromatic rings. The number of ether oxygens (including phenoxy) is 1. The van der Waals surface area contributed by atoms with Gasteiger partial charge in [-0.3, -0.25) is 0 Å². The van der Waals surface area contributed by atoms with Gasteiger partial charge in [0.1, 0.15) is 5.75 Å². The Morgan fingerprint density at radius 1 is 1.44 bits per heavy atom. The molecular formula is C14H16N2O2. The van der Waals surface area contributed by atoms with E-state index in [1.165, 1.54) is 12.0 Å². The Morgan fingerprint density at radius 3 is 3.17 bits per heavy atom. The summed E-state index contributed by atoms with van der Waals surface area (Å²) in [6.07, 6.45) is 4.22. The molecule has 0 bridgehead atoms. The zero-order valence-electron chi connectivity index (χ0n) is 10.3. The van der Waals surface area contributed by atoms with E-state index in [2.05, 4.69) is 16.4 Å². The van der Waals surface area contributed by atoms with E-state index >= 15 is 0 Å². The maximum Gasteiger partial charge on any atom is 0.181 e. The quantitative estimate of drug-likeness (QED) is 0.900. The summed E-state index contributed by atoms with van der Waals surface area (Å²) in [7, 11) is 1.98. The van der Waals surface area contributed by atoms with Crippen molar-refractivity contribution < 1.29 is 9.15 Å². The van der Waals surface area contributed by atoms with Gasteiger partial charge in [0.05, 0.1) is 18.4 Å². The predicted molar refractivity (Wildman–Crippen MR) is 68.7 cm³/mol. The van der Waals surface area contributed by atoms with Gasteiger partial charge >= 0.3 is 0 Å². The first-order valence-electron chi connectivity index (χ1n) is 6.19. The fourth-order valence-corrected chi connectivity index (χ4v) is 2.50. The molecule has 1 N–H and O–H groups in total. The summed E-state index contributed by atoms with van der Waals surface area (Å²) in [6, 6.07) is 6.20. The van der Waals surface area contributed by atoms with Gasteiger partial charge in [-0.15, -0.1) is 0 Å². The van der Waals surface area contributed by atoms with Crippen LogP contribution in [0, 0.1) is 0 Å². The Hall–Kier alpha value is -1.81. The van der Waals surface area contributed by atoms with Crippen molar-refractivity contribution in [2.75, 3.05) is 20.2 Å². The molecule has 4 heteroatoms. The molecule has 2 heterocycles. The van der Waals surface area contributed by atoms with Gasteiger partial charge in [0, 0.05) is 12.5 Å². The van der Waals surface area contributed by atoms with E-state index < -0.39 is 0 Å². The molecule has 0 saturated heterocycles. The second kappa shape index (κ2) is 4.82. The van der Waals surface area contributed by atoms with Gasteiger partial charge in [-0.25, -0.2) is 4.98 Å². The van der Waals surface area contributed by atoms with Crippen molar-refractivity contribution in [2.45, 2.75) is 12.3 Å². The summed E-state index contributed by atoms with van der Waals surface area (Å²) in [5.41, 5.74) is 2.25. The topological polar surface area (TPSA) is 47.3 Å². The molecule has 0 amide bonds. The van der Waals surface area contributed by atoms with Gasteiger partial charge in [-0.2, -0.15) is 0 Å². The number of para-hydroxylation sites is 1. The first kappa shape index (κ1) is 11.3. The number of likely N-dealkylation sites (N-methyl/N-ethyl adjacent to an activating group) is 1. The third kappa shape index (κ3) is 1.88. The van der Waals surface area contributed by atoms with Crippen LogP contribution in [-0.2, 0) is 0 Å². The number of oxazole rings is 1. The maximum atomic E-state index is 5.84. The number of rotatable bonds is 3. The predicted octanol–water partition coefficient (Wildman–Crippen LogP) is 2.43. The molecule has 1 aliphatic heterocycles. The zero-order chi connectivity index (χ0) is 12.4. The van der Waals surface area contributed by atoms with Crippen LogP contribution < -0.4 is 10.1 Å². The van der Waals surface area contributed by atoms with Crippen molar-refractivity contribution in [3.8, 4) is 17.1 Å². The van der Waals surface area contributed by atoms with Crippen molar-refractivity contribution in [1.82, 2.24) is 10.3 Å². The van der Waals surface area contributed by atoms with Gasteiger partial charge in [0.15, 0.2) is 12.2 Å². The van der Waals surface area contributed by atoms with E-state index in [0.717, 1.165) is 36.6 Å². The molecule has 4 nitrogen and oxygen atoms in total. The maximum absolute atomic E-state index is 5.84. The van der Waals surface area contributed by atoms with Crippen LogP contribution in [-0.4, -0.2) is 25.2 Å². The molecule has 1 aliphatic rings. The lowest BCUT2D eigenvalue weighted by molar-refractivity contribution is 0.266. The number of hydrogen-bond acceptors (Lipinski definition) is 4. The van der Waals surface area contributed by atoms with Gasteiger partial charge in [-0.1, -0.05) is 12.1 Å². The van der Waals surface area contributed by atoms with Gasteiger partial charge in [0.25, 0.3) is 0 Å². The lowest BCUT2D eigenvalue weighted by Crippen LogP contribution is -2.23. The molecule has 1 aromatic carbocycles. The molecule has 1 aromatic heterocycles. The van der Waals surface area contributed by atoms with Crippen molar-refractivity contribution in [2.24, 2.45) is 0 Å². The highest BCUT2D eigenvalue weighted by atomic mass is 16.5. The largest absolute Gasteiger partial charge is 0.492 e. The molecular weight excluding hydrogens is 228 g/mol. The molecule has 18 heavy (non-hydrogen) atoms.